The van der Waals surface area contributed by atoms with Gasteiger partial charge < -0.3 is 28.7 Å². The van der Waals surface area contributed by atoms with Crippen molar-refractivity contribution in [2.24, 2.45) is 0 Å². The molecule has 0 aliphatic carbocycles. The zero-order valence-electron chi connectivity index (χ0n) is 15.0. The van der Waals surface area contributed by atoms with Gasteiger partial charge in [-0.3, -0.25) is 9.80 Å². The number of rotatable bonds is 2. The van der Waals surface area contributed by atoms with E-state index >= 15 is 0 Å². The molecule has 1 unspecified atom stereocenters. The van der Waals surface area contributed by atoms with Gasteiger partial charge in [0, 0.05) is 6.54 Å². The van der Waals surface area contributed by atoms with E-state index in [1.807, 2.05) is 0 Å². The number of benzene rings is 1. The minimum absolute atomic E-state index is 0. The van der Waals surface area contributed by atoms with Gasteiger partial charge in [-0.05, 0) is 51.3 Å². The number of piperidine rings is 1. The Balaban J connectivity index is 0.00000312. The van der Waals surface area contributed by atoms with Gasteiger partial charge in [-0.25, -0.2) is 23.4 Å². The summed E-state index contributed by atoms with van der Waals surface area (Å²) in [6.07, 6.45) is 0.0517. The van der Waals surface area contributed by atoms with Gasteiger partial charge in [0.25, 0.3) is 0 Å². The second-order valence-electron chi connectivity index (χ2n) is 6.60. The van der Waals surface area contributed by atoms with Crippen molar-refractivity contribution < 1.29 is 81.0 Å². The summed E-state index contributed by atoms with van der Waals surface area (Å²) in [6, 6.07) is 1.61. The Labute approximate surface area is 189 Å². The molecule has 1 aliphatic rings. The SMILES string of the molecule is CC(C)(C)OC(=O)NN1CCCC(c2cc(F)c(F)c(F)c2)C1=O.[I-].[Na+]. The van der Waals surface area contributed by atoms with E-state index in [1.165, 1.54) is 0 Å². The normalized spacial score (nSPS) is 17.1. The summed E-state index contributed by atoms with van der Waals surface area (Å²) < 4.78 is 44.9. The fraction of sp³-hybridized carbons (Fsp3) is 0.500. The van der Waals surface area contributed by atoms with Crippen LogP contribution < -0.4 is 59.0 Å². The first-order valence-electron chi connectivity index (χ1n) is 7.54. The first kappa shape index (κ1) is 25.5. The van der Waals surface area contributed by atoms with Gasteiger partial charge in [0.15, 0.2) is 17.5 Å². The predicted molar refractivity (Wildman–Crippen MR) is 79.4 cm³/mol. The number of halogens is 4. The van der Waals surface area contributed by atoms with E-state index in [0.717, 1.165) is 17.1 Å². The summed E-state index contributed by atoms with van der Waals surface area (Å²) in [7, 11) is 0. The Kier molecular flexibility index (Phi) is 9.94. The van der Waals surface area contributed by atoms with Gasteiger partial charge in [-0.1, -0.05) is 0 Å². The van der Waals surface area contributed by atoms with Gasteiger partial charge >= 0.3 is 35.7 Å². The van der Waals surface area contributed by atoms with E-state index in [1.54, 1.807) is 20.8 Å². The molecule has 10 heteroatoms. The van der Waals surface area contributed by atoms with Crippen molar-refractivity contribution in [2.45, 2.75) is 45.1 Å². The molecule has 0 aromatic heterocycles. The average Bonchev–Trinajstić information content (AvgIpc) is 2.44. The van der Waals surface area contributed by atoms with Gasteiger partial charge in [-0.2, -0.15) is 0 Å². The van der Waals surface area contributed by atoms with Crippen molar-refractivity contribution in [2.75, 3.05) is 6.54 Å². The number of hydrazine groups is 1. The average molecular weight is 494 g/mol. The molecule has 2 rings (SSSR count). The van der Waals surface area contributed by atoms with Crippen molar-refractivity contribution in [3.05, 3.63) is 35.1 Å². The molecular weight excluding hydrogens is 475 g/mol. The molecule has 1 N–H and O–H groups in total. The van der Waals surface area contributed by atoms with Crippen molar-refractivity contribution >= 4 is 12.0 Å². The number of nitrogens with zero attached hydrogens (tertiary/aromatic N) is 1. The smallest absolute Gasteiger partial charge is 1.00 e. The summed E-state index contributed by atoms with van der Waals surface area (Å²) >= 11 is 0. The molecule has 0 spiro atoms. The molecule has 2 amide bonds. The van der Waals surface area contributed by atoms with Crippen LogP contribution in [0.5, 0.6) is 0 Å². The quantitative estimate of drug-likeness (QED) is 0.276. The van der Waals surface area contributed by atoms with Gasteiger partial charge in [0.2, 0.25) is 5.91 Å². The molecule has 26 heavy (non-hydrogen) atoms. The minimum atomic E-state index is -1.58. The minimum Gasteiger partial charge on any atom is -1.00 e. The van der Waals surface area contributed by atoms with Crippen molar-refractivity contribution in [3.63, 3.8) is 0 Å². The van der Waals surface area contributed by atoms with Gasteiger partial charge in [0.1, 0.15) is 5.60 Å². The van der Waals surface area contributed by atoms with Crippen LogP contribution in [0.25, 0.3) is 0 Å². The third-order valence-corrected chi connectivity index (χ3v) is 3.47. The van der Waals surface area contributed by atoms with E-state index in [9.17, 15) is 22.8 Å². The second kappa shape index (κ2) is 10.1. The standard InChI is InChI=1S/C16H19F3N2O3.HI.Na/c1-16(2,3)24-15(23)20-21-6-4-5-10(14(21)22)9-7-11(17)13(19)12(18)8-9;;/h7-8,10H,4-6H2,1-3H3,(H,20,23);1H;/q;;+1/p-1. The fourth-order valence-electron chi connectivity index (χ4n) is 2.48. The molecule has 1 aromatic carbocycles. The summed E-state index contributed by atoms with van der Waals surface area (Å²) in [4.78, 5) is 24.2. The molecule has 1 heterocycles. The Bertz CT molecular complexity index is 648. The van der Waals surface area contributed by atoms with Crippen LogP contribution in [0.2, 0.25) is 0 Å². The van der Waals surface area contributed by atoms with E-state index in [2.05, 4.69) is 5.43 Å². The van der Waals surface area contributed by atoms with Crippen LogP contribution in [-0.2, 0) is 9.53 Å². The predicted octanol–water partition coefficient (Wildman–Crippen LogP) is -2.74. The maximum absolute atomic E-state index is 13.4. The Morgan fingerprint density at radius 1 is 1.23 bits per heavy atom. The van der Waals surface area contributed by atoms with Gasteiger partial charge in [0.05, 0.1) is 5.92 Å². The van der Waals surface area contributed by atoms with Crippen molar-refractivity contribution in [1.82, 2.24) is 10.4 Å². The van der Waals surface area contributed by atoms with Crippen molar-refractivity contribution in [1.29, 1.82) is 0 Å². The van der Waals surface area contributed by atoms with E-state index in [-0.39, 0.29) is 65.6 Å². The molecule has 5 nitrogen and oxygen atoms in total. The Morgan fingerprint density at radius 3 is 2.27 bits per heavy atom. The summed E-state index contributed by atoms with van der Waals surface area (Å²) in [5, 5.41) is 1.06. The van der Waals surface area contributed by atoms with Gasteiger partial charge in [-0.15, -0.1) is 0 Å². The number of carbonyl (C=O) groups excluding carboxylic acids is 2. The largest absolute Gasteiger partial charge is 1.00 e. The fourth-order valence-corrected chi connectivity index (χ4v) is 2.48. The first-order chi connectivity index (χ1) is 11.1. The van der Waals surface area contributed by atoms with Crippen LogP contribution >= 0.6 is 0 Å². The molecule has 1 aromatic rings. The number of amides is 2. The maximum Gasteiger partial charge on any atom is 1.00 e. The van der Waals surface area contributed by atoms with E-state index in [4.69, 9.17) is 4.74 Å². The molecule has 1 aliphatic heterocycles. The van der Waals surface area contributed by atoms with E-state index in [0.29, 0.717) is 12.8 Å². The Morgan fingerprint density at radius 2 is 1.77 bits per heavy atom. The molecule has 0 bridgehead atoms. The third-order valence-electron chi connectivity index (χ3n) is 3.47. The zero-order valence-corrected chi connectivity index (χ0v) is 19.2. The zero-order chi connectivity index (χ0) is 18.1. The monoisotopic (exact) mass is 494 g/mol. The molecular formula is C16H19F3IN2NaO3. The summed E-state index contributed by atoms with van der Waals surface area (Å²) in [6.45, 7) is 5.28. The number of carbonyl (C=O) groups is 2. The third kappa shape index (κ3) is 6.58. The van der Waals surface area contributed by atoms with E-state index < -0.39 is 41.0 Å². The molecule has 1 atom stereocenters. The topological polar surface area (TPSA) is 58.6 Å². The molecule has 0 saturated carbocycles. The first-order valence-corrected chi connectivity index (χ1v) is 7.54. The van der Waals surface area contributed by atoms with Crippen LogP contribution in [0.1, 0.15) is 45.1 Å². The van der Waals surface area contributed by atoms with Crippen LogP contribution in [0.3, 0.4) is 0 Å². The summed E-state index contributed by atoms with van der Waals surface area (Å²) in [5.41, 5.74) is 1.63. The number of hydrogen-bond donors (Lipinski definition) is 1. The van der Waals surface area contributed by atoms with Crippen LogP contribution in [0.15, 0.2) is 12.1 Å². The Hall–Kier alpha value is -0.520. The van der Waals surface area contributed by atoms with Crippen LogP contribution in [0.4, 0.5) is 18.0 Å². The van der Waals surface area contributed by atoms with Crippen LogP contribution in [-0.4, -0.2) is 29.2 Å². The molecule has 140 valence electrons. The number of nitrogens with one attached hydrogen (secondary N) is 1. The maximum atomic E-state index is 13.4. The second-order valence-corrected chi connectivity index (χ2v) is 6.60. The van der Waals surface area contributed by atoms with Crippen molar-refractivity contribution in [3.8, 4) is 0 Å². The molecule has 1 fully saturated rings. The molecule has 1 saturated heterocycles. The number of hydrogen-bond acceptors (Lipinski definition) is 3. The number of ether oxygens (including phenoxy) is 1. The van der Waals surface area contributed by atoms with Crippen LogP contribution in [0, 0.1) is 17.5 Å². The molecule has 0 radical (unpaired) electrons. The summed E-state index contributed by atoms with van der Waals surface area (Å²) in [5.74, 6) is -5.67.